The van der Waals surface area contributed by atoms with Crippen molar-refractivity contribution in [1.29, 1.82) is 0 Å². The lowest BCUT2D eigenvalue weighted by Gasteiger charge is -2.08. The molecule has 0 rings (SSSR count). The van der Waals surface area contributed by atoms with Crippen LogP contribution in [-0.2, 0) is 9.09 Å². The summed E-state index contributed by atoms with van der Waals surface area (Å²) in [6.45, 7) is 6.57. The molecular weight excluding hydrogens is 159 g/mol. The van der Waals surface area contributed by atoms with Gasteiger partial charge in [0.2, 0.25) is 0 Å². The lowest BCUT2D eigenvalue weighted by Crippen LogP contribution is -2.05. The van der Waals surface area contributed by atoms with Gasteiger partial charge in [0, 0.05) is 0 Å². The van der Waals surface area contributed by atoms with Crippen LogP contribution in [0.15, 0.2) is 0 Å². The van der Waals surface area contributed by atoms with Crippen LogP contribution in [-0.4, -0.2) is 13.3 Å². The summed E-state index contributed by atoms with van der Waals surface area (Å²) in [5, 5.41) is 0. The molecule has 0 aliphatic rings. The Balaban J connectivity index is 3.43. The van der Waals surface area contributed by atoms with Crippen molar-refractivity contribution in [2.45, 2.75) is 33.1 Å². The van der Waals surface area contributed by atoms with Gasteiger partial charge in [0.25, 0.3) is 0 Å². The standard InChI is InChI=1S/C8H18O2P/c1-4-6-8(5-2)7-10-11(3)9/h8H,4-7H2,1-3H3/q+1. The second-order valence-electron chi connectivity index (χ2n) is 2.80. The summed E-state index contributed by atoms with van der Waals surface area (Å²) >= 11 is 0. The maximum atomic E-state index is 10.6. The quantitative estimate of drug-likeness (QED) is 0.582. The Morgan fingerprint density at radius 1 is 1.45 bits per heavy atom. The van der Waals surface area contributed by atoms with E-state index in [0.717, 1.165) is 6.42 Å². The molecule has 0 aromatic heterocycles. The van der Waals surface area contributed by atoms with Gasteiger partial charge in [-0.05, 0) is 16.9 Å². The van der Waals surface area contributed by atoms with Gasteiger partial charge in [0.15, 0.2) is 6.66 Å². The van der Waals surface area contributed by atoms with Crippen molar-refractivity contribution in [2.24, 2.45) is 5.92 Å². The monoisotopic (exact) mass is 177 g/mol. The van der Waals surface area contributed by atoms with E-state index in [2.05, 4.69) is 13.8 Å². The van der Waals surface area contributed by atoms with Gasteiger partial charge in [0.1, 0.15) is 6.61 Å². The fourth-order valence-electron chi connectivity index (χ4n) is 1.02. The Morgan fingerprint density at radius 3 is 2.45 bits per heavy atom. The van der Waals surface area contributed by atoms with Gasteiger partial charge < -0.3 is 0 Å². The van der Waals surface area contributed by atoms with Crippen molar-refractivity contribution in [3.8, 4) is 0 Å². The molecule has 0 saturated carbocycles. The average molecular weight is 177 g/mol. The zero-order chi connectivity index (χ0) is 8.69. The van der Waals surface area contributed by atoms with Crippen LogP contribution < -0.4 is 0 Å². The molecule has 0 bridgehead atoms. The zero-order valence-corrected chi connectivity index (χ0v) is 8.56. The molecule has 0 aliphatic heterocycles. The van der Waals surface area contributed by atoms with Crippen LogP contribution in [0.5, 0.6) is 0 Å². The second kappa shape index (κ2) is 6.75. The number of hydrogen-bond acceptors (Lipinski definition) is 2. The van der Waals surface area contributed by atoms with E-state index < -0.39 is 8.03 Å². The molecule has 0 fully saturated rings. The summed E-state index contributed by atoms with van der Waals surface area (Å²) in [7, 11) is -1.40. The average Bonchev–Trinajstić information content (AvgIpc) is 1.97. The smallest absolute Gasteiger partial charge is 0.146 e. The number of rotatable bonds is 6. The minimum atomic E-state index is -1.40. The van der Waals surface area contributed by atoms with Gasteiger partial charge in [-0.2, -0.15) is 0 Å². The van der Waals surface area contributed by atoms with E-state index in [1.165, 1.54) is 12.8 Å². The van der Waals surface area contributed by atoms with E-state index in [9.17, 15) is 4.57 Å². The summed E-state index contributed by atoms with van der Waals surface area (Å²) in [6.07, 6.45) is 3.49. The van der Waals surface area contributed by atoms with Crippen LogP contribution in [0.25, 0.3) is 0 Å². The summed E-state index contributed by atoms with van der Waals surface area (Å²) in [5.41, 5.74) is 0. The van der Waals surface area contributed by atoms with Crippen LogP contribution >= 0.6 is 8.03 Å². The van der Waals surface area contributed by atoms with Gasteiger partial charge >= 0.3 is 8.03 Å². The molecule has 0 heterocycles. The summed E-state index contributed by atoms with van der Waals surface area (Å²) in [6, 6.07) is 0. The number of hydrogen-bond donors (Lipinski definition) is 0. The van der Waals surface area contributed by atoms with Crippen molar-refractivity contribution >= 4 is 8.03 Å². The maximum absolute atomic E-state index is 10.6. The van der Waals surface area contributed by atoms with Gasteiger partial charge in [-0.1, -0.05) is 26.7 Å². The van der Waals surface area contributed by atoms with E-state index in [1.807, 2.05) is 0 Å². The predicted molar refractivity (Wildman–Crippen MR) is 48.2 cm³/mol. The first-order valence-electron chi connectivity index (χ1n) is 4.24. The third kappa shape index (κ3) is 6.46. The zero-order valence-electron chi connectivity index (χ0n) is 7.67. The van der Waals surface area contributed by atoms with Crippen molar-refractivity contribution in [2.75, 3.05) is 13.3 Å². The van der Waals surface area contributed by atoms with Gasteiger partial charge in [0.05, 0.1) is 0 Å². The highest BCUT2D eigenvalue weighted by atomic mass is 31.1. The first-order chi connectivity index (χ1) is 5.20. The van der Waals surface area contributed by atoms with E-state index in [0.29, 0.717) is 12.5 Å². The molecule has 0 spiro atoms. The molecule has 0 aromatic rings. The SMILES string of the molecule is CCCC(CC)CO[P+](C)=O. The van der Waals surface area contributed by atoms with Crippen molar-refractivity contribution in [1.82, 2.24) is 0 Å². The van der Waals surface area contributed by atoms with Gasteiger partial charge in [-0.15, -0.1) is 4.52 Å². The highest BCUT2D eigenvalue weighted by Crippen LogP contribution is 2.20. The molecule has 2 nitrogen and oxygen atoms in total. The molecule has 0 aromatic carbocycles. The molecule has 0 N–H and O–H groups in total. The first kappa shape index (κ1) is 11.1. The van der Waals surface area contributed by atoms with E-state index in [1.54, 1.807) is 6.66 Å². The van der Waals surface area contributed by atoms with E-state index in [-0.39, 0.29) is 0 Å². The third-order valence-corrected chi connectivity index (χ3v) is 2.28. The van der Waals surface area contributed by atoms with Crippen LogP contribution in [0, 0.1) is 5.92 Å². The largest absolute Gasteiger partial charge is 0.504 e. The molecule has 0 aliphatic carbocycles. The normalized spacial score (nSPS) is 14.6. The Morgan fingerprint density at radius 2 is 2.09 bits per heavy atom. The fourth-order valence-corrected chi connectivity index (χ4v) is 1.44. The van der Waals surface area contributed by atoms with Crippen LogP contribution in [0.2, 0.25) is 0 Å². The molecule has 2 atom stereocenters. The van der Waals surface area contributed by atoms with Crippen molar-refractivity contribution < 1.29 is 9.09 Å². The predicted octanol–water partition coefficient (Wildman–Crippen LogP) is 3.20. The van der Waals surface area contributed by atoms with Gasteiger partial charge in [-0.3, -0.25) is 0 Å². The second-order valence-corrected chi connectivity index (χ2v) is 3.94. The summed E-state index contributed by atoms with van der Waals surface area (Å²) in [4.78, 5) is 0. The highest BCUT2D eigenvalue weighted by molar-refractivity contribution is 7.38. The lowest BCUT2D eigenvalue weighted by molar-refractivity contribution is 0.247. The fraction of sp³-hybridized carbons (Fsp3) is 1.00. The minimum Gasteiger partial charge on any atom is -0.146 e. The summed E-state index contributed by atoms with van der Waals surface area (Å²) < 4.78 is 15.7. The van der Waals surface area contributed by atoms with Crippen LogP contribution in [0.4, 0.5) is 0 Å². The minimum absolute atomic E-state index is 0.596. The third-order valence-electron chi connectivity index (χ3n) is 1.77. The topological polar surface area (TPSA) is 26.3 Å². The summed E-state index contributed by atoms with van der Waals surface area (Å²) in [5.74, 6) is 0.596. The molecule has 66 valence electrons. The van der Waals surface area contributed by atoms with Crippen molar-refractivity contribution in [3.63, 3.8) is 0 Å². The van der Waals surface area contributed by atoms with E-state index >= 15 is 0 Å². The Hall–Kier alpha value is 0.0600. The lowest BCUT2D eigenvalue weighted by atomic mass is 10.0. The van der Waals surface area contributed by atoms with E-state index in [4.69, 9.17) is 4.52 Å². The molecule has 3 heteroatoms. The highest BCUT2D eigenvalue weighted by Gasteiger charge is 2.12. The van der Waals surface area contributed by atoms with Crippen molar-refractivity contribution in [3.05, 3.63) is 0 Å². The Kier molecular flexibility index (Phi) is 6.79. The molecule has 11 heavy (non-hydrogen) atoms. The van der Waals surface area contributed by atoms with Crippen LogP contribution in [0.1, 0.15) is 33.1 Å². The molecule has 0 radical (unpaired) electrons. The van der Waals surface area contributed by atoms with Crippen LogP contribution in [0.3, 0.4) is 0 Å². The maximum Gasteiger partial charge on any atom is 0.504 e. The first-order valence-corrected chi connectivity index (χ1v) is 5.86. The Labute approximate surface area is 70.2 Å². The molecule has 0 saturated heterocycles. The van der Waals surface area contributed by atoms with Gasteiger partial charge in [-0.25, -0.2) is 0 Å². The molecular formula is C8H18O2P+. The Bertz CT molecular complexity index is 115. The molecule has 2 unspecified atom stereocenters. The molecule has 0 amide bonds.